The third kappa shape index (κ3) is 5.70. The van der Waals surface area contributed by atoms with Crippen LogP contribution in [0.15, 0.2) is 27.8 Å². The third-order valence-electron chi connectivity index (χ3n) is 4.29. The van der Waals surface area contributed by atoms with Gasteiger partial charge in [-0.3, -0.25) is 4.79 Å². The molecule has 0 saturated carbocycles. The Labute approximate surface area is 169 Å². The maximum Gasteiger partial charge on any atom is 0.287 e. The van der Waals surface area contributed by atoms with Crippen molar-refractivity contribution in [3.8, 4) is 0 Å². The Hall–Kier alpha value is -2.10. The highest BCUT2D eigenvalue weighted by Crippen LogP contribution is 2.25. The molecule has 8 nitrogen and oxygen atoms in total. The molecule has 0 spiro atoms. The van der Waals surface area contributed by atoms with Crippen molar-refractivity contribution in [2.24, 2.45) is 0 Å². The van der Waals surface area contributed by atoms with Crippen LogP contribution in [0.2, 0.25) is 0 Å². The van der Waals surface area contributed by atoms with Crippen LogP contribution in [-0.4, -0.2) is 56.3 Å². The summed E-state index contributed by atoms with van der Waals surface area (Å²) >= 11 is 1.48. The first kappa shape index (κ1) is 20.6. The highest BCUT2D eigenvalue weighted by Gasteiger charge is 2.17. The average molecular weight is 407 g/mol. The fourth-order valence-corrected chi connectivity index (χ4v) is 3.69. The number of ether oxygens (including phenoxy) is 2. The molecule has 1 fully saturated rings. The van der Waals surface area contributed by atoms with Gasteiger partial charge in [0.05, 0.1) is 24.7 Å². The molecule has 0 bridgehead atoms. The third-order valence-corrected chi connectivity index (χ3v) is 5.16. The van der Waals surface area contributed by atoms with Crippen molar-refractivity contribution >= 4 is 23.5 Å². The molecule has 152 valence electrons. The highest BCUT2D eigenvalue weighted by atomic mass is 32.2. The van der Waals surface area contributed by atoms with Crippen molar-refractivity contribution in [3.05, 3.63) is 35.4 Å². The summed E-state index contributed by atoms with van der Waals surface area (Å²) in [5.41, 5.74) is 0.861. The molecule has 3 heterocycles. The van der Waals surface area contributed by atoms with Crippen LogP contribution < -0.4 is 10.2 Å². The summed E-state index contributed by atoms with van der Waals surface area (Å²) in [5, 5.41) is 3.42. The minimum Gasteiger partial charge on any atom is -0.455 e. The van der Waals surface area contributed by atoms with Gasteiger partial charge >= 0.3 is 0 Å². The smallest absolute Gasteiger partial charge is 0.287 e. The summed E-state index contributed by atoms with van der Waals surface area (Å²) in [7, 11) is 3.25. The first-order valence-corrected chi connectivity index (χ1v) is 10.3. The lowest BCUT2D eigenvalue weighted by molar-refractivity contribution is 0.0908. The van der Waals surface area contributed by atoms with E-state index in [1.54, 1.807) is 26.4 Å². The van der Waals surface area contributed by atoms with Crippen LogP contribution in [0, 0.1) is 0 Å². The van der Waals surface area contributed by atoms with E-state index in [-0.39, 0.29) is 5.91 Å². The van der Waals surface area contributed by atoms with Crippen LogP contribution in [0.3, 0.4) is 0 Å². The Morgan fingerprint density at radius 2 is 2.07 bits per heavy atom. The van der Waals surface area contributed by atoms with Crippen LogP contribution in [0.25, 0.3) is 0 Å². The van der Waals surface area contributed by atoms with Crippen LogP contribution in [0.5, 0.6) is 0 Å². The van der Waals surface area contributed by atoms with Gasteiger partial charge in [-0.2, -0.15) is 0 Å². The number of rotatable bonds is 10. The van der Waals surface area contributed by atoms with Gasteiger partial charge in [0.25, 0.3) is 5.91 Å². The molecule has 1 aliphatic rings. The molecule has 1 amide bonds. The fourth-order valence-electron chi connectivity index (χ4n) is 2.92. The lowest BCUT2D eigenvalue weighted by Crippen LogP contribution is -2.26. The normalized spacial score (nSPS) is 13.9. The number of furan rings is 1. The quantitative estimate of drug-likeness (QED) is 0.366. The van der Waals surface area contributed by atoms with E-state index in [0.717, 1.165) is 24.6 Å². The van der Waals surface area contributed by atoms with E-state index in [2.05, 4.69) is 15.2 Å². The molecule has 9 heteroatoms. The van der Waals surface area contributed by atoms with Gasteiger partial charge in [-0.25, -0.2) is 9.97 Å². The van der Waals surface area contributed by atoms with Crippen LogP contribution >= 0.6 is 11.8 Å². The molecular formula is C19H26N4O4S. The fraction of sp³-hybridized carbons (Fsp3) is 0.526. The van der Waals surface area contributed by atoms with Gasteiger partial charge in [-0.15, -0.1) is 0 Å². The summed E-state index contributed by atoms with van der Waals surface area (Å²) in [5.74, 6) is 2.23. The van der Waals surface area contributed by atoms with E-state index in [0.29, 0.717) is 42.2 Å². The summed E-state index contributed by atoms with van der Waals surface area (Å²) in [6.45, 7) is 3.40. The van der Waals surface area contributed by atoms with E-state index in [1.807, 2.05) is 6.07 Å². The van der Waals surface area contributed by atoms with Gasteiger partial charge in [0.1, 0.15) is 11.6 Å². The largest absolute Gasteiger partial charge is 0.455 e. The SMILES string of the molecule is COCCNC(=O)c1ccc(CSc2nc(COC)cc(N3CCCC3)n2)o1. The first-order chi connectivity index (χ1) is 13.7. The minimum absolute atomic E-state index is 0.247. The molecule has 0 aliphatic carbocycles. The van der Waals surface area contributed by atoms with Crippen LogP contribution in [0.4, 0.5) is 5.82 Å². The second-order valence-electron chi connectivity index (χ2n) is 6.43. The number of carbonyl (C=O) groups excluding carboxylic acids is 1. The van der Waals surface area contributed by atoms with Gasteiger partial charge in [-0.05, 0) is 25.0 Å². The monoisotopic (exact) mass is 406 g/mol. The lowest BCUT2D eigenvalue weighted by atomic mass is 10.4. The van der Waals surface area contributed by atoms with Gasteiger partial charge in [0.15, 0.2) is 10.9 Å². The zero-order valence-corrected chi connectivity index (χ0v) is 17.1. The Balaban J connectivity index is 1.62. The first-order valence-electron chi connectivity index (χ1n) is 9.30. The number of thioether (sulfide) groups is 1. The molecule has 3 rings (SSSR count). The average Bonchev–Trinajstić information content (AvgIpc) is 3.39. The van der Waals surface area contributed by atoms with E-state index in [1.165, 1.54) is 24.6 Å². The van der Waals surface area contributed by atoms with Crippen molar-refractivity contribution in [3.63, 3.8) is 0 Å². The molecular weight excluding hydrogens is 380 g/mol. The predicted octanol–water partition coefficient (Wildman–Crippen LogP) is 2.48. The number of hydrogen-bond donors (Lipinski definition) is 1. The van der Waals surface area contributed by atoms with Gasteiger partial charge in [0, 0.05) is 39.9 Å². The molecule has 28 heavy (non-hydrogen) atoms. The standard InChI is InChI=1S/C19H26N4O4S/c1-25-10-7-20-18(24)16-6-5-15(27-16)13-28-19-21-14(12-26-2)11-17(22-19)23-8-3-4-9-23/h5-6,11H,3-4,7-10,12-13H2,1-2H3,(H,20,24). The van der Waals surface area contributed by atoms with Crippen molar-refractivity contribution in [1.29, 1.82) is 0 Å². The van der Waals surface area contributed by atoms with Gasteiger partial charge < -0.3 is 24.1 Å². The molecule has 1 saturated heterocycles. The predicted molar refractivity (Wildman–Crippen MR) is 107 cm³/mol. The number of methoxy groups -OCH3 is 2. The second kappa shape index (κ2) is 10.4. The lowest BCUT2D eigenvalue weighted by Gasteiger charge is -2.17. The zero-order valence-electron chi connectivity index (χ0n) is 16.3. The summed E-state index contributed by atoms with van der Waals surface area (Å²) in [4.78, 5) is 23.5. The molecule has 0 atom stereocenters. The van der Waals surface area contributed by atoms with Gasteiger partial charge in [0.2, 0.25) is 0 Å². The molecule has 0 unspecified atom stereocenters. The van der Waals surface area contributed by atoms with Crippen molar-refractivity contribution in [1.82, 2.24) is 15.3 Å². The topological polar surface area (TPSA) is 89.7 Å². The molecule has 0 aromatic carbocycles. The van der Waals surface area contributed by atoms with E-state index < -0.39 is 0 Å². The molecule has 1 N–H and O–H groups in total. The van der Waals surface area contributed by atoms with Crippen LogP contribution in [0.1, 0.15) is 34.9 Å². The number of anilines is 1. The van der Waals surface area contributed by atoms with E-state index in [9.17, 15) is 4.79 Å². The number of nitrogens with one attached hydrogen (secondary N) is 1. The Morgan fingerprint density at radius 1 is 1.25 bits per heavy atom. The van der Waals surface area contributed by atoms with Crippen LogP contribution in [-0.2, 0) is 21.8 Å². The summed E-state index contributed by atoms with van der Waals surface area (Å²) in [6, 6.07) is 5.47. The molecule has 2 aromatic heterocycles. The highest BCUT2D eigenvalue weighted by molar-refractivity contribution is 7.98. The number of carbonyl (C=O) groups is 1. The number of nitrogens with zero attached hydrogens (tertiary/aromatic N) is 3. The number of aromatic nitrogens is 2. The minimum atomic E-state index is -0.247. The molecule has 1 aliphatic heterocycles. The van der Waals surface area contributed by atoms with E-state index in [4.69, 9.17) is 18.9 Å². The zero-order chi connectivity index (χ0) is 19.8. The van der Waals surface area contributed by atoms with E-state index >= 15 is 0 Å². The Kier molecular flexibility index (Phi) is 7.70. The molecule has 2 aromatic rings. The Bertz CT molecular complexity index is 777. The Morgan fingerprint density at radius 3 is 2.82 bits per heavy atom. The second-order valence-corrected chi connectivity index (χ2v) is 7.37. The number of amides is 1. The summed E-state index contributed by atoms with van der Waals surface area (Å²) in [6.07, 6.45) is 2.38. The molecule has 0 radical (unpaired) electrons. The van der Waals surface area contributed by atoms with Crippen molar-refractivity contribution in [2.75, 3.05) is 45.4 Å². The maximum absolute atomic E-state index is 12.0. The van der Waals surface area contributed by atoms with Crippen molar-refractivity contribution in [2.45, 2.75) is 30.4 Å². The maximum atomic E-state index is 12.0. The van der Waals surface area contributed by atoms with Crippen molar-refractivity contribution < 1.29 is 18.7 Å². The number of hydrogen-bond acceptors (Lipinski definition) is 8. The van der Waals surface area contributed by atoms with Gasteiger partial charge in [-0.1, -0.05) is 11.8 Å². The summed E-state index contributed by atoms with van der Waals surface area (Å²) < 4.78 is 15.8.